The third-order valence-electron chi connectivity index (χ3n) is 4.95. The van der Waals surface area contributed by atoms with Gasteiger partial charge in [-0.05, 0) is 17.5 Å². The zero-order valence-electron chi connectivity index (χ0n) is 12.6. The van der Waals surface area contributed by atoms with Crippen molar-refractivity contribution in [2.75, 3.05) is 31.9 Å². The van der Waals surface area contributed by atoms with Crippen molar-refractivity contribution in [1.29, 1.82) is 0 Å². The molecule has 0 spiro atoms. The first-order valence-electron chi connectivity index (χ1n) is 7.96. The van der Waals surface area contributed by atoms with Gasteiger partial charge in [0.1, 0.15) is 0 Å². The average molecular weight is 290 g/mol. The van der Waals surface area contributed by atoms with Crippen molar-refractivity contribution in [1.82, 2.24) is 10.2 Å². The highest BCUT2D eigenvalue weighted by Crippen LogP contribution is 2.40. The molecule has 3 atom stereocenters. The molecule has 0 aliphatic carbocycles. The van der Waals surface area contributed by atoms with Crippen molar-refractivity contribution in [3.63, 3.8) is 0 Å². The van der Waals surface area contributed by atoms with E-state index >= 15 is 0 Å². The van der Waals surface area contributed by atoms with E-state index in [2.05, 4.69) is 48.3 Å². The van der Waals surface area contributed by atoms with Crippen LogP contribution >= 0.6 is 11.8 Å². The summed E-state index contributed by atoms with van der Waals surface area (Å²) in [5.41, 5.74) is 1.58. The fourth-order valence-corrected chi connectivity index (χ4v) is 4.73. The lowest BCUT2D eigenvalue weighted by molar-refractivity contribution is 0.111. The zero-order chi connectivity index (χ0) is 13.9. The quantitative estimate of drug-likeness (QED) is 0.917. The fraction of sp³-hybridized carbons (Fsp3) is 0.647. The van der Waals surface area contributed by atoms with E-state index in [9.17, 15) is 0 Å². The lowest BCUT2D eigenvalue weighted by atomic mass is 9.93. The van der Waals surface area contributed by atoms with Gasteiger partial charge in [0.25, 0.3) is 0 Å². The molecule has 0 radical (unpaired) electrons. The lowest BCUT2D eigenvalue weighted by Crippen LogP contribution is -2.54. The molecule has 3 heteroatoms. The summed E-state index contributed by atoms with van der Waals surface area (Å²) in [4.78, 5) is 4.26. The van der Waals surface area contributed by atoms with Crippen LogP contribution in [-0.2, 0) is 0 Å². The van der Waals surface area contributed by atoms with Gasteiger partial charge in [0, 0.05) is 48.8 Å². The third-order valence-corrected chi connectivity index (χ3v) is 6.20. The van der Waals surface area contributed by atoms with E-state index < -0.39 is 0 Å². The average Bonchev–Trinajstić information content (AvgIpc) is 2.90. The predicted molar refractivity (Wildman–Crippen MR) is 87.6 cm³/mol. The van der Waals surface area contributed by atoms with E-state index in [0.29, 0.717) is 6.04 Å². The van der Waals surface area contributed by atoms with Gasteiger partial charge in [-0.3, -0.25) is 4.90 Å². The van der Waals surface area contributed by atoms with Crippen LogP contribution in [-0.4, -0.2) is 42.9 Å². The van der Waals surface area contributed by atoms with Crippen LogP contribution in [0.15, 0.2) is 29.2 Å². The van der Waals surface area contributed by atoms with Crippen molar-refractivity contribution >= 4 is 11.8 Å². The molecule has 110 valence electrons. The second-order valence-corrected chi connectivity index (χ2v) is 7.26. The number of hydrogen-bond donors (Lipinski definition) is 1. The Kier molecular flexibility index (Phi) is 4.69. The van der Waals surface area contributed by atoms with Crippen molar-refractivity contribution in [3.05, 3.63) is 29.8 Å². The largest absolute Gasteiger partial charge is 0.314 e. The molecule has 2 aliphatic heterocycles. The van der Waals surface area contributed by atoms with E-state index in [4.69, 9.17) is 0 Å². The summed E-state index contributed by atoms with van der Waals surface area (Å²) in [7, 11) is 0. The number of nitrogens with one attached hydrogen (secondary N) is 1. The molecule has 1 fully saturated rings. The Morgan fingerprint density at radius 3 is 3.10 bits per heavy atom. The third kappa shape index (κ3) is 2.90. The lowest BCUT2D eigenvalue weighted by Gasteiger charge is -2.40. The number of hydrogen-bond acceptors (Lipinski definition) is 3. The summed E-state index contributed by atoms with van der Waals surface area (Å²) < 4.78 is 0. The van der Waals surface area contributed by atoms with E-state index in [1.54, 1.807) is 5.56 Å². The van der Waals surface area contributed by atoms with Crippen molar-refractivity contribution < 1.29 is 0 Å². The van der Waals surface area contributed by atoms with Crippen molar-refractivity contribution in [3.8, 4) is 0 Å². The maximum absolute atomic E-state index is 3.58. The molecular formula is C17H26N2S. The van der Waals surface area contributed by atoms with E-state index in [1.165, 1.54) is 30.2 Å². The Morgan fingerprint density at radius 1 is 1.40 bits per heavy atom. The minimum absolute atomic E-state index is 0.714. The summed E-state index contributed by atoms with van der Waals surface area (Å²) in [6.45, 7) is 9.48. The van der Waals surface area contributed by atoms with Crippen LogP contribution in [0.3, 0.4) is 0 Å². The molecule has 1 aromatic carbocycles. The molecule has 0 aromatic heterocycles. The first-order valence-corrected chi connectivity index (χ1v) is 8.94. The Hall–Kier alpha value is -0.510. The molecule has 2 heterocycles. The Labute approximate surface area is 127 Å². The smallest absolute Gasteiger partial charge is 0.0246 e. The van der Waals surface area contributed by atoms with E-state index in [-0.39, 0.29) is 0 Å². The number of benzene rings is 1. The molecule has 0 amide bonds. The summed E-state index contributed by atoms with van der Waals surface area (Å²) >= 11 is 2.04. The molecule has 0 saturated carbocycles. The van der Waals surface area contributed by atoms with Crippen LogP contribution in [0.5, 0.6) is 0 Å². The van der Waals surface area contributed by atoms with Crippen molar-refractivity contribution in [2.24, 2.45) is 5.92 Å². The topological polar surface area (TPSA) is 15.3 Å². The van der Waals surface area contributed by atoms with Gasteiger partial charge in [0.05, 0.1) is 0 Å². The summed E-state index contributed by atoms with van der Waals surface area (Å²) in [6.07, 6.45) is 1.28. The van der Waals surface area contributed by atoms with Crippen LogP contribution in [0.25, 0.3) is 0 Å². The molecule has 3 rings (SSSR count). The number of fused-ring (bicyclic) bond motifs is 1. The van der Waals surface area contributed by atoms with E-state index in [1.807, 2.05) is 11.8 Å². The van der Waals surface area contributed by atoms with Crippen LogP contribution in [0.2, 0.25) is 0 Å². The molecule has 20 heavy (non-hydrogen) atoms. The Balaban J connectivity index is 1.70. The number of nitrogens with zero attached hydrogens (tertiary/aromatic N) is 1. The normalized spacial score (nSPS) is 28.3. The molecule has 2 nitrogen and oxygen atoms in total. The number of rotatable bonds is 4. The minimum Gasteiger partial charge on any atom is -0.314 e. The van der Waals surface area contributed by atoms with E-state index in [0.717, 1.165) is 24.9 Å². The first kappa shape index (κ1) is 14.4. The second-order valence-electron chi connectivity index (χ2n) is 6.20. The Bertz CT molecular complexity index is 448. The highest BCUT2D eigenvalue weighted by Gasteiger charge is 2.31. The maximum atomic E-state index is 3.58. The molecule has 0 bridgehead atoms. The SMILES string of the molecule is CCC(C)C1CNCCN1CC1CSc2ccccc21. The van der Waals surface area contributed by atoms with Gasteiger partial charge in [-0.25, -0.2) is 0 Å². The van der Waals surface area contributed by atoms with Crippen LogP contribution in [0.1, 0.15) is 31.7 Å². The molecule has 3 unspecified atom stereocenters. The van der Waals surface area contributed by atoms with Crippen LogP contribution in [0.4, 0.5) is 0 Å². The van der Waals surface area contributed by atoms with Crippen LogP contribution in [0, 0.1) is 5.92 Å². The standard InChI is InChI=1S/C17H26N2S/c1-3-13(2)16-10-18-8-9-19(16)11-14-12-20-17-7-5-4-6-15(14)17/h4-7,13-14,16,18H,3,8-12H2,1-2H3. The van der Waals surface area contributed by atoms with Gasteiger partial charge in [-0.1, -0.05) is 38.5 Å². The van der Waals surface area contributed by atoms with Gasteiger partial charge in [-0.2, -0.15) is 0 Å². The monoisotopic (exact) mass is 290 g/mol. The molecule has 1 N–H and O–H groups in total. The highest BCUT2D eigenvalue weighted by molar-refractivity contribution is 7.99. The minimum atomic E-state index is 0.714. The predicted octanol–water partition coefficient (Wildman–Crippen LogP) is 3.20. The molecular weight excluding hydrogens is 264 g/mol. The number of thioether (sulfide) groups is 1. The molecule has 1 aromatic rings. The summed E-state index contributed by atoms with van der Waals surface area (Å²) in [6, 6.07) is 9.69. The van der Waals surface area contributed by atoms with Gasteiger partial charge in [0.2, 0.25) is 0 Å². The first-order chi connectivity index (χ1) is 9.79. The van der Waals surface area contributed by atoms with Gasteiger partial charge < -0.3 is 5.32 Å². The Morgan fingerprint density at radius 2 is 2.25 bits per heavy atom. The van der Waals surface area contributed by atoms with Gasteiger partial charge >= 0.3 is 0 Å². The highest BCUT2D eigenvalue weighted by atomic mass is 32.2. The van der Waals surface area contributed by atoms with Crippen molar-refractivity contribution in [2.45, 2.75) is 37.1 Å². The van der Waals surface area contributed by atoms with Gasteiger partial charge in [0.15, 0.2) is 0 Å². The van der Waals surface area contributed by atoms with Crippen LogP contribution < -0.4 is 5.32 Å². The second kappa shape index (κ2) is 6.50. The summed E-state index contributed by atoms with van der Waals surface area (Å²) in [5.74, 6) is 2.77. The zero-order valence-corrected chi connectivity index (χ0v) is 13.5. The number of piperazine rings is 1. The molecule has 2 aliphatic rings. The molecule has 1 saturated heterocycles. The fourth-order valence-electron chi connectivity index (χ4n) is 3.49. The maximum Gasteiger partial charge on any atom is 0.0246 e. The summed E-state index contributed by atoms with van der Waals surface area (Å²) in [5, 5.41) is 3.58. The van der Waals surface area contributed by atoms with Gasteiger partial charge in [-0.15, -0.1) is 11.8 Å².